The van der Waals surface area contributed by atoms with Gasteiger partial charge < -0.3 is 9.57 Å². The first-order valence-electron chi connectivity index (χ1n) is 8.52. The molecule has 1 fully saturated rings. The Kier molecular flexibility index (Phi) is 5.88. The fraction of sp³-hybridized carbons (Fsp3) is 0.941. The van der Waals surface area contributed by atoms with Gasteiger partial charge in [0.1, 0.15) is 6.10 Å². The minimum atomic E-state index is 0.249. The lowest BCUT2D eigenvalue weighted by Gasteiger charge is -2.25. The monoisotopic (exact) mass is 281 g/mol. The third-order valence-electron chi connectivity index (χ3n) is 4.82. The van der Waals surface area contributed by atoms with E-state index in [-0.39, 0.29) is 6.10 Å². The van der Waals surface area contributed by atoms with Crippen LogP contribution < -0.4 is 0 Å². The van der Waals surface area contributed by atoms with Crippen LogP contribution >= 0.6 is 0 Å². The highest BCUT2D eigenvalue weighted by atomic mass is 16.6. The van der Waals surface area contributed by atoms with Crippen LogP contribution in [0.4, 0.5) is 0 Å². The van der Waals surface area contributed by atoms with Crippen molar-refractivity contribution in [3.63, 3.8) is 0 Å². The average molecular weight is 281 g/mol. The molecule has 0 saturated carbocycles. The molecule has 2 aliphatic rings. The average Bonchev–Trinajstić information content (AvgIpc) is 2.78. The number of rotatable bonds is 6. The van der Waals surface area contributed by atoms with Gasteiger partial charge in [-0.1, -0.05) is 45.2 Å². The van der Waals surface area contributed by atoms with Crippen LogP contribution in [0, 0.1) is 17.8 Å². The summed E-state index contributed by atoms with van der Waals surface area (Å²) >= 11 is 0. The molecule has 1 saturated heterocycles. The number of fused-ring (bicyclic) bond motifs is 1. The van der Waals surface area contributed by atoms with Crippen molar-refractivity contribution >= 4 is 5.71 Å². The SMILES string of the molecule is CCCCC(CCC)C1=NOC2CC(C)OCC(C)C12. The van der Waals surface area contributed by atoms with Gasteiger partial charge in [0.05, 0.1) is 18.4 Å². The quantitative estimate of drug-likeness (QED) is 0.722. The van der Waals surface area contributed by atoms with Crippen LogP contribution in [0.25, 0.3) is 0 Å². The number of nitrogens with zero attached hydrogens (tertiary/aromatic N) is 1. The molecular formula is C17H31NO2. The maximum absolute atomic E-state index is 5.89. The van der Waals surface area contributed by atoms with E-state index in [9.17, 15) is 0 Å². The summed E-state index contributed by atoms with van der Waals surface area (Å²) in [5.74, 6) is 1.62. The van der Waals surface area contributed by atoms with Crippen LogP contribution in [0.3, 0.4) is 0 Å². The van der Waals surface area contributed by atoms with Crippen LogP contribution in [-0.4, -0.2) is 24.5 Å². The summed E-state index contributed by atoms with van der Waals surface area (Å²) in [6.07, 6.45) is 7.81. The van der Waals surface area contributed by atoms with E-state index < -0.39 is 0 Å². The van der Waals surface area contributed by atoms with Crippen molar-refractivity contribution in [1.82, 2.24) is 0 Å². The first-order chi connectivity index (χ1) is 9.67. The smallest absolute Gasteiger partial charge is 0.138 e. The molecule has 5 unspecified atom stereocenters. The van der Waals surface area contributed by atoms with Crippen molar-refractivity contribution < 1.29 is 9.57 Å². The van der Waals surface area contributed by atoms with E-state index in [2.05, 4.69) is 32.9 Å². The van der Waals surface area contributed by atoms with Gasteiger partial charge in [0.2, 0.25) is 0 Å². The van der Waals surface area contributed by atoms with Gasteiger partial charge in [-0.25, -0.2) is 0 Å². The van der Waals surface area contributed by atoms with E-state index in [1.165, 1.54) is 37.8 Å². The minimum absolute atomic E-state index is 0.249. The third kappa shape index (κ3) is 3.55. The third-order valence-corrected chi connectivity index (χ3v) is 4.82. The van der Waals surface area contributed by atoms with E-state index in [0.717, 1.165) is 13.0 Å². The van der Waals surface area contributed by atoms with Crippen molar-refractivity contribution in [2.45, 2.75) is 78.4 Å². The van der Waals surface area contributed by atoms with Gasteiger partial charge >= 0.3 is 0 Å². The van der Waals surface area contributed by atoms with Crippen molar-refractivity contribution in [2.75, 3.05) is 6.61 Å². The molecule has 0 amide bonds. The first kappa shape index (κ1) is 15.8. The van der Waals surface area contributed by atoms with E-state index in [0.29, 0.717) is 23.9 Å². The number of hydrogen-bond acceptors (Lipinski definition) is 3. The van der Waals surface area contributed by atoms with E-state index >= 15 is 0 Å². The number of unbranched alkanes of at least 4 members (excludes halogenated alkanes) is 1. The molecule has 20 heavy (non-hydrogen) atoms. The van der Waals surface area contributed by atoms with Gasteiger partial charge in [-0.3, -0.25) is 0 Å². The Morgan fingerprint density at radius 1 is 1.20 bits per heavy atom. The zero-order valence-electron chi connectivity index (χ0n) is 13.6. The molecule has 2 heterocycles. The van der Waals surface area contributed by atoms with Crippen molar-refractivity contribution in [3.8, 4) is 0 Å². The Labute approximate surface area is 124 Å². The molecule has 0 aliphatic carbocycles. The van der Waals surface area contributed by atoms with Crippen LogP contribution in [0.1, 0.15) is 66.2 Å². The zero-order chi connectivity index (χ0) is 14.5. The molecule has 5 atom stereocenters. The summed E-state index contributed by atoms with van der Waals surface area (Å²) in [6, 6.07) is 0. The van der Waals surface area contributed by atoms with Crippen molar-refractivity contribution in [3.05, 3.63) is 0 Å². The van der Waals surface area contributed by atoms with Crippen LogP contribution in [0.15, 0.2) is 5.16 Å². The highest BCUT2D eigenvalue weighted by Crippen LogP contribution is 2.37. The van der Waals surface area contributed by atoms with Gasteiger partial charge in [-0.05, 0) is 25.7 Å². The number of oxime groups is 1. The molecule has 0 aromatic rings. The predicted molar refractivity (Wildman–Crippen MR) is 82.9 cm³/mol. The minimum Gasteiger partial charge on any atom is -0.392 e. The lowest BCUT2D eigenvalue weighted by molar-refractivity contribution is 0.0223. The standard InChI is InChI=1S/C17H31NO2/c1-5-7-9-14(8-6-2)17-16-12(3)11-19-13(4)10-15(16)20-18-17/h12-16H,5-11H2,1-4H3. The highest BCUT2D eigenvalue weighted by Gasteiger charge is 2.43. The van der Waals surface area contributed by atoms with Gasteiger partial charge in [-0.2, -0.15) is 0 Å². The Balaban J connectivity index is 2.09. The van der Waals surface area contributed by atoms with Gasteiger partial charge in [0, 0.05) is 18.3 Å². The maximum Gasteiger partial charge on any atom is 0.138 e. The second-order valence-corrected chi connectivity index (χ2v) is 6.67. The van der Waals surface area contributed by atoms with E-state index in [4.69, 9.17) is 9.57 Å². The second-order valence-electron chi connectivity index (χ2n) is 6.67. The fourth-order valence-corrected chi connectivity index (χ4v) is 3.69. The Bertz CT molecular complexity index is 329. The van der Waals surface area contributed by atoms with Gasteiger partial charge in [0.15, 0.2) is 0 Å². The summed E-state index contributed by atoms with van der Waals surface area (Å²) in [5.41, 5.74) is 1.34. The normalized spacial score (nSPS) is 34.9. The molecule has 3 nitrogen and oxygen atoms in total. The van der Waals surface area contributed by atoms with Gasteiger partial charge in [-0.15, -0.1) is 0 Å². The summed E-state index contributed by atoms with van der Waals surface area (Å²) in [4.78, 5) is 5.81. The molecular weight excluding hydrogens is 250 g/mol. The Morgan fingerprint density at radius 2 is 2.00 bits per heavy atom. The Hall–Kier alpha value is -0.570. The van der Waals surface area contributed by atoms with Crippen LogP contribution in [-0.2, 0) is 9.57 Å². The highest BCUT2D eigenvalue weighted by molar-refractivity contribution is 5.90. The lowest BCUT2D eigenvalue weighted by atomic mass is 9.77. The fourth-order valence-electron chi connectivity index (χ4n) is 3.69. The van der Waals surface area contributed by atoms with Crippen LogP contribution in [0.2, 0.25) is 0 Å². The Morgan fingerprint density at radius 3 is 2.70 bits per heavy atom. The topological polar surface area (TPSA) is 30.8 Å². The molecule has 116 valence electrons. The molecule has 0 bridgehead atoms. The maximum atomic E-state index is 5.89. The summed E-state index contributed by atoms with van der Waals surface area (Å²) in [7, 11) is 0. The molecule has 0 N–H and O–H groups in total. The molecule has 0 aromatic heterocycles. The van der Waals surface area contributed by atoms with E-state index in [1.54, 1.807) is 0 Å². The van der Waals surface area contributed by atoms with Crippen molar-refractivity contribution in [1.29, 1.82) is 0 Å². The number of ether oxygens (including phenoxy) is 1. The first-order valence-corrected chi connectivity index (χ1v) is 8.52. The lowest BCUT2D eigenvalue weighted by Crippen LogP contribution is -2.33. The molecule has 0 aromatic carbocycles. The molecule has 2 aliphatic heterocycles. The summed E-state index contributed by atoms with van der Waals surface area (Å²) in [5, 5.41) is 4.54. The molecule has 2 rings (SSSR count). The van der Waals surface area contributed by atoms with Crippen molar-refractivity contribution in [2.24, 2.45) is 22.9 Å². The largest absolute Gasteiger partial charge is 0.392 e. The molecule has 3 heteroatoms. The van der Waals surface area contributed by atoms with Crippen LogP contribution in [0.5, 0.6) is 0 Å². The molecule has 0 radical (unpaired) electrons. The number of hydrogen-bond donors (Lipinski definition) is 0. The van der Waals surface area contributed by atoms with E-state index in [1.807, 2.05) is 0 Å². The summed E-state index contributed by atoms with van der Waals surface area (Å²) < 4.78 is 5.89. The summed E-state index contributed by atoms with van der Waals surface area (Å²) in [6.45, 7) is 9.83. The zero-order valence-corrected chi connectivity index (χ0v) is 13.6. The predicted octanol–water partition coefficient (Wildman–Crippen LogP) is 4.41. The molecule has 0 spiro atoms. The van der Waals surface area contributed by atoms with Gasteiger partial charge in [0.25, 0.3) is 0 Å². The second kappa shape index (κ2) is 7.44.